The number of hydrogen-bond acceptors (Lipinski definition) is 3. The molecule has 0 atom stereocenters. The number of carbonyl (C=O) groups is 1. The number of benzene rings is 2. The number of anilines is 1. The van der Waals surface area contributed by atoms with Gasteiger partial charge >= 0.3 is 0 Å². The van der Waals surface area contributed by atoms with E-state index in [0.29, 0.717) is 19.4 Å². The fourth-order valence-corrected chi connectivity index (χ4v) is 3.12. The number of aryl methyl sites for hydroxylation is 3. The predicted molar refractivity (Wildman–Crippen MR) is 115 cm³/mol. The summed E-state index contributed by atoms with van der Waals surface area (Å²) in [6, 6.07) is 17.0. The van der Waals surface area contributed by atoms with Crippen LogP contribution in [0.5, 0.6) is 0 Å². The van der Waals surface area contributed by atoms with Gasteiger partial charge in [-0.05, 0) is 55.7 Å². The van der Waals surface area contributed by atoms with Crippen LogP contribution in [-0.4, -0.2) is 15.7 Å². The van der Waals surface area contributed by atoms with Gasteiger partial charge in [-0.15, -0.1) is 0 Å². The molecule has 0 saturated carbocycles. The maximum absolute atomic E-state index is 12.2. The molecule has 0 spiro atoms. The van der Waals surface area contributed by atoms with Crippen LogP contribution in [0.4, 0.5) is 5.69 Å². The lowest BCUT2D eigenvalue weighted by atomic mass is 10.1. The van der Waals surface area contributed by atoms with Crippen molar-refractivity contribution in [2.75, 3.05) is 5.32 Å². The molecule has 1 aromatic heterocycles. The van der Waals surface area contributed by atoms with E-state index in [9.17, 15) is 9.59 Å². The third kappa shape index (κ3) is 5.16. The van der Waals surface area contributed by atoms with Gasteiger partial charge in [0.2, 0.25) is 5.91 Å². The smallest absolute Gasteiger partial charge is 0.266 e. The lowest BCUT2D eigenvalue weighted by Crippen LogP contribution is -2.23. The third-order valence-corrected chi connectivity index (χ3v) is 4.98. The minimum Gasteiger partial charge on any atom is -0.326 e. The highest BCUT2D eigenvalue weighted by molar-refractivity contribution is 9.10. The van der Waals surface area contributed by atoms with Crippen LogP contribution in [-0.2, 0) is 11.3 Å². The second kappa shape index (κ2) is 8.97. The summed E-state index contributed by atoms with van der Waals surface area (Å²) in [6.45, 7) is 4.35. The highest BCUT2D eigenvalue weighted by Gasteiger charge is 2.07. The Kier molecular flexibility index (Phi) is 6.41. The Morgan fingerprint density at radius 3 is 2.57 bits per heavy atom. The number of aromatic nitrogens is 2. The first kappa shape index (κ1) is 20.0. The van der Waals surface area contributed by atoms with Gasteiger partial charge in [0.15, 0.2) is 0 Å². The molecule has 3 rings (SSSR count). The standard InChI is InChI=1S/C22H22BrN3O2/c1-15-5-6-16(2)20(14-15)24-21(27)4-3-13-26-22(28)12-11-19(25-26)17-7-9-18(23)10-8-17/h5-12,14H,3-4,13H2,1-2H3,(H,24,27). The summed E-state index contributed by atoms with van der Waals surface area (Å²) in [5.74, 6) is -0.0641. The van der Waals surface area contributed by atoms with Crippen molar-refractivity contribution in [2.45, 2.75) is 33.2 Å². The molecular formula is C22H22BrN3O2. The SMILES string of the molecule is Cc1ccc(C)c(NC(=O)CCCn2nc(-c3ccc(Br)cc3)ccc2=O)c1. The van der Waals surface area contributed by atoms with Crippen LogP contribution in [0.3, 0.4) is 0 Å². The van der Waals surface area contributed by atoms with E-state index in [4.69, 9.17) is 0 Å². The minimum atomic E-state index is -0.171. The molecule has 0 aliphatic heterocycles. The third-order valence-electron chi connectivity index (χ3n) is 4.45. The van der Waals surface area contributed by atoms with Gasteiger partial charge in [0, 0.05) is 34.8 Å². The van der Waals surface area contributed by atoms with Crippen molar-refractivity contribution in [3.8, 4) is 11.3 Å². The largest absolute Gasteiger partial charge is 0.326 e. The van der Waals surface area contributed by atoms with Gasteiger partial charge in [-0.25, -0.2) is 4.68 Å². The molecule has 0 aliphatic rings. The second-order valence-corrected chi connectivity index (χ2v) is 7.67. The fraction of sp³-hybridized carbons (Fsp3) is 0.227. The molecule has 0 fully saturated rings. The van der Waals surface area contributed by atoms with Gasteiger partial charge in [0.25, 0.3) is 5.56 Å². The first-order chi connectivity index (χ1) is 13.4. The quantitative estimate of drug-likeness (QED) is 0.604. The molecule has 28 heavy (non-hydrogen) atoms. The van der Waals surface area contributed by atoms with E-state index in [0.717, 1.165) is 32.5 Å². The van der Waals surface area contributed by atoms with Crippen molar-refractivity contribution in [1.82, 2.24) is 9.78 Å². The van der Waals surface area contributed by atoms with Crippen LogP contribution in [0.15, 0.2) is 63.9 Å². The van der Waals surface area contributed by atoms with E-state index in [1.165, 1.54) is 10.7 Å². The van der Waals surface area contributed by atoms with Gasteiger partial charge in [-0.2, -0.15) is 5.10 Å². The molecule has 1 amide bonds. The minimum absolute atomic E-state index is 0.0641. The first-order valence-electron chi connectivity index (χ1n) is 9.13. The van der Waals surface area contributed by atoms with Crippen LogP contribution < -0.4 is 10.9 Å². The number of hydrogen-bond donors (Lipinski definition) is 1. The lowest BCUT2D eigenvalue weighted by molar-refractivity contribution is -0.116. The number of nitrogens with zero attached hydrogens (tertiary/aromatic N) is 2. The molecule has 3 aromatic rings. The Hall–Kier alpha value is -2.73. The van der Waals surface area contributed by atoms with Crippen molar-refractivity contribution in [3.63, 3.8) is 0 Å². The number of nitrogens with one attached hydrogen (secondary N) is 1. The van der Waals surface area contributed by atoms with E-state index in [-0.39, 0.29) is 11.5 Å². The summed E-state index contributed by atoms with van der Waals surface area (Å²) in [6.07, 6.45) is 0.859. The maximum atomic E-state index is 12.2. The van der Waals surface area contributed by atoms with Gasteiger partial charge in [0.05, 0.1) is 5.69 Å². The van der Waals surface area contributed by atoms with Crippen molar-refractivity contribution in [2.24, 2.45) is 0 Å². The molecule has 0 bridgehead atoms. The Morgan fingerprint density at radius 1 is 1.07 bits per heavy atom. The van der Waals surface area contributed by atoms with Crippen LogP contribution in [0.1, 0.15) is 24.0 Å². The van der Waals surface area contributed by atoms with Crippen molar-refractivity contribution < 1.29 is 4.79 Å². The first-order valence-corrected chi connectivity index (χ1v) is 9.93. The summed E-state index contributed by atoms with van der Waals surface area (Å²) in [4.78, 5) is 24.3. The van der Waals surface area contributed by atoms with Crippen LogP contribution in [0, 0.1) is 13.8 Å². The van der Waals surface area contributed by atoms with Gasteiger partial charge in [-0.1, -0.05) is 40.2 Å². The summed E-state index contributed by atoms with van der Waals surface area (Å²) >= 11 is 3.41. The fourth-order valence-electron chi connectivity index (χ4n) is 2.86. The van der Waals surface area contributed by atoms with Crippen LogP contribution >= 0.6 is 15.9 Å². The zero-order valence-corrected chi connectivity index (χ0v) is 17.5. The molecule has 0 radical (unpaired) electrons. The van der Waals surface area contributed by atoms with Crippen molar-refractivity contribution in [1.29, 1.82) is 0 Å². The zero-order valence-electron chi connectivity index (χ0n) is 15.9. The highest BCUT2D eigenvalue weighted by atomic mass is 79.9. The molecular weight excluding hydrogens is 418 g/mol. The van der Waals surface area contributed by atoms with E-state index < -0.39 is 0 Å². The average molecular weight is 440 g/mol. The van der Waals surface area contributed by atoms with Crippen molar-refractivity contribution in [3.05, 3.63) is 80.6 Å². The second-order valence-electron chi connectivity index (χ2n) is 6.76. The van der Waals surface area contributed by atoms with E-state index in [1.54, 1.807) is 6.07 Å². The van der Waals surface area contributed by atoms with Crippen LogP contribution in [0.25, 0.3) is 11.3 Å². The number of carbonyl (C=O) groups excluding carboxylic acids is 1. The number of amides is 1. The number of halogens is 1. The predicted octanol–water partition coefficient (Wildman–Crippen LogP) is 4.71. The van der Waals surface area contributed by atoms with Gasteiger partial charge < -0.3 is 5.32 Å². The maximum Gasteiger partial charge on any atom is 0.266 e. The molecule has 1 N–H and O–H groups in total. The van der Waals surface area contributed by atoms with E-state index in [2.05, 4.69) is 26.3 Å². The molecule has 0 unspecified atom stereocenters. The molecule has 6 heteroatoms. The monoisotopic (exact) mass is 439 g/mol. The topological polar surface area (TPSA) is 64.0 Å². The molecule has 144 valence electrons. The van der Waals surface area contributed by atoms with Gasteiger partial charge in [-0.3, -0.25) is 9.59 Å². The zero-order chi connectivity index (χ0) is 20.1. The summed E-state index contributed by atoms with van der Waals surface area (Å²) < 4.78 is 2.40. The Labute approximate surface area is 172 Å². The molecule has 2 aromatic carbocycles. The van der Waals surface area contributed by atoms with Crippen LogP contribution in [0.2, 0.25) is 0 Å². The number of rotatable bonds is 6. The van der Waals surface area contributed by atoms with Crippen molar-refractivity contribution >= 4 is 27.5 Å². The lowest BCUT2D eigenvalue weighted by Gasteiger charge is -2.10. The summed E-state index contributed by atoms with van der Waals surface area (Å²) in [7, 11) is 0. The summed E-state index contributed by atoms with van der Waals surface area (Å²) in [5, 5.41) is 7.38. The van der Waals surface area contributed by atoms with E-state index >= 15 is 0 Å². The molecule has 5 nitrogen and oxygen atoms in total. The van der Waals surface area contributed by atoms with E-state index in [1.807, 2.05) is 56.3 Å². The Morgan fingerprint density at radius 2 is 1.82 bits per heavy atom. The molecule has 0 saturated heterocycles. The molecule has 1 heterocycles. The molecule has 0 aliphatic carbocycles. The normalized spacial score (nSPS) is 10.7. The average Bonchev–Trinajstić information content (AvgIpc) is 2.67. The summed E-state index contributed by atoms with van der Waals surface area (Å²) in [5.41, 5.74) is 4.45. The Balaban J connectivity index is 1.62. The Bertz CT molecular complexity index is 1040. The van der Waals surface area contributed by atoms with Gasteiger partial charge in [0.1, 0.15) is 0 Å². The highest BCUT2D eigenvalue weighted by Crippen LogP contribution is 2.19.